The van der Waals surface area contributed by atoms with Crippen molar-refractivity contribution in [2.75, 3.05) is 27.0 Å². The van der Waals surface area contributed by atoms with Crippen molar-refractivity contribution in [3.05, 3.63) is 42.2 Å². The van der Waals surface area contributed by atoms with E-state index in [9.17, 15) is 9.90 Å². The van der Waals surface area contributed by atoms with Gasteiger partial charge in [-0.3, -0.25) is 9.78 Å². The summed E-state index contributed by atoms with van der Waals surface area (Å²) >= 11 is 0. The number of amides is 1. The second-order valence-corrected chi connectivity index (χ2v) is 8.05. The van der Waals surface area contributed by atoms with Gasteiger partial charge in [-0.05, 0) is 42.9 Å². The standard InChI is InChI=1S/C22H24N2O6/c1-27-17-4-13(8-23-9-17)22(26)24-10-14-5-18(25)20(6-15(14)11-24)30-16-2-3-19-21(7-16)29-12-28-19/h2-4,7-9,14-15,18,20,25H,5-6,10-12H2,1H3/t14-,15+,18+,20+/m0/s1. The number of benzene rings is 1. The van der Waals surface area contributed by atoms with Crippen molar-refractivity contribution in [2.45, 2.75) is 25.0 Å². The second kappa shape index (κ2) is 7.68. The summed E-state index contributed by atoms with van der Waals surface area (Å²) in [6.45, 7) is 1.49. The Labute approximate surface area is 174 Å². The molecule has 4 atom stereocenters. The van der Waals surface area contributed by atoms with E-state index < -0.39 is 6.10 Å². The first-order chi connectivity index (χ1) is 14.6. The molecule has 1 saturated heterocycles. The predicted octanol–water partition coefficient (Wildman–Crippen LogP) is 2.11. The molecular weight excluding hydrogens is 388 g/mol. The number of hydrogen-bond donors (Lipinski definition) is 1. The summed E-state index contributed by atoms with van der Waals surface area (Å²) in [5, 5.41) is 10.7. The number of ether oxygens (including phenoxy) is 4. The largest absolute Gasteiger partial charge is 0.495 e. The maximum atomic E-state index is 12.9. The fourth-order valence-corrected chi connectivity index (χ4v) is 4.64. The van der Waals surface area contributed by atoms with Crippen LogP contribution in [0, 0.1) is 11.8 Å². The number of aromatic nitrogens is 1. The van der Waals surface area contributed by atoms with Gasteiger partial charge in [0, 0.05) is 25.4 Å². The van der Waals surface area contributed by atoms with Crippen LogP contribution in [0.4, 0.5) is 0 Å². The molecule has 2 aromatic rings. The molecule has 30 heavy (non-hydrogen) atoms. The third-order valence-corrected chi connectivity index (χ3v) is 6.20. The molecule has 1 aromatic carbocycles. The number of aliphatic hydroxyl groups is 1. The quantitative estimate of drug-likeness (QED) is 0.823. The summed E-state index contributed by atoms with van der Waals surface area (Å²) < 4.78 is 22.0. The summed E-state index contributed by atoms with van der Waals surface area (Å²) in [5.41, 5.74) is 0.515. The molecule has 1 aromatic heterocycles. The molecule has 8 nitrogen and oxygen atoms in total. The van der Waals surface area contributed by atoms with Gasteiger partial charge in [0.25, 0.3) is 5.91 Å². The van der Waals surface area contributed by atoms with Crippen molar-refractivity contribution in [1.82, 2.24) is 9.88 Å². The Morgan fingerprint density at radius 1 is 1.10 bits per heavy atom. The zero-order valence-electron chi connectivity index (χ0n) is 16.7. The van der Waals surface area contributed by atoms with Crippen LogP contribution in [0.5, 0.6) is 23.0 Å². The van der Waals surface area contributed by atoms with Gasteiger partial charge in [-0.1, -0.05) is 0 Å². The van der Waals surface area contributed by atoms with E-state index in [0.717, 1.165) is 0 Å². The molecule has 8 heteroatoms. The highest BCUT2D eigenvalue weighted by Gasteiger charge is 2.44. The Hall–Kier alpha value is -3.00. The van der Waals surface area contributed by atoms with Gasteiger partial charge in [-0.25, -0.2) is 0 Å². The number of likely N-dealkylation sites (tertiary alicyclic amines) is 1. The van der Waals surface area contributed by atoms with Gasteiger partial charge in [-0.2, -0.15) is 0 Å². The molecule has 1 aliphatic carbocycles. The molecule has 3 heterocycles. The molecule has 1 N–H and O–H groups in total. The number of aliphatic hydroxyl groups excluding tert-OH is 1. The number of rotatable bonds is 4. The van der Waals surface area contributed by atoms with Gasteiger partial charge in [0.1, 0.15) is 17.6 Å². The highest BCUT2D eigenvalue weighted by atomic mass is 16.7. The summed E-state index contributed by atoms with van der Waals surface area (Å²) in [5.74, 6) is 3.05. The van der Waals surface area contributed by atoms with Crippen molar-refractivity contribution in [2.24, 2.45) is 11.8 Å². The molecular formula is C22H24N2O6. The molecule has 2 aliphatic heterocycles. The van der Waals surface area contributed by atoms with Gasteiger partial charge in [0.05, 0.1) is 25.0 Å². The number of pyridine rings is 1. The van der Waals surface area contributed by atoms with E-state index in [1.54, 1.807) is 31.6 Å². The Bertz CT molecular complexity index is 951. The van der Waals surface area contributed by atoms with Crippen LogP contribution in [0.3, 0.4) is 0 Å². The van der Waals surface area contributed by atoms with Crippen LogP contribution in [0.1, 0.15) is 23.2 Å². The Morgan fingerprint density at radius 3 is 2.73 bits per heavy atom. The van der Waals surface area contributed by atoms with Gasteiger partial charge in [0.2, 0.25) is 6.79 Å². The van der Waals surface area contributed by atoms with Crippen LogP contribution in [0.2, 0.25) is 0 Å². The van der Waals surface area contributed by atoms with Crippen molar-refractivity contribution >= 4 is 5.91 Å². The fourth-order valence-electron chi connectivity index (χ4n) is 4.64. The van der Waals surface area contributed by atoms with E-state index in [0.29, 0.717) is 54.5 Å². The lowest BCUT2D eigenvalue weighted by Gasteiger charge is -2.35. The van der Waals surface area contributed by atoms with Gasteiger partial charge in [-0.15, -0.1) is 0 Å². The molecule has 0 spiro atoms. The maximum absolute atomic E-state index is 12.9. The number of carbonyl (C=O) groups excluding carboxylic acids is 1. The van der Waals surface area contributed by atoms with Crippen molar-refractivity contribution < 1.29 is 28.8 Å². The molecule has 0 unspecified atom stereocenters. The number of nitrogens with zero attached hydrogens (tertiary/aromatic N) is 2. The third kappa shape index (κ3) is 3.52. The zero-order valence-corrected chi connectivity index (χ0v) is 16.7. The normalized spacial score (nSPS) is 26.9. The van der Waals surface area contributed by atoms with Crippen LogP contribution in [0.15, 0.2) is 36.7 Å². The lowest BCUT2D eigenvalue weighted by molar-refractivity contribution is -0.0232. The molecule has 2 fully saturated rings. The molecule has 5 rings (SSSR count). The molecule has 1 saturated carbocycles. The fraction of sp³-hybridized carbons (Fsp3) is 0.455. The third-order valence-electron chi connectivity index (χ3n) is 6.20. The maximum Gasteiger partial charge on any atom is 0.255 e. The monoisotopic (exact) mass is 412 g/mol. The van der Waals surface area contributed by atoms with Crippen LogP contribution < -0.4 is 18.9 Å². The first kappa shape index (κ1) is 19.0. The molecule has 1 amide bonds. The van der Waals surface area contributed by atoms with Crippen molar-refractivity contribution in [3.8, 4) is 23.0 Å². The summed E-state index contributed by atoms with van der Waals surface area (Å²) in [6, 6.07) is 7.14. The number of fused-ring (bicyclic) bond motifs is 2. The van der Waals surface area contributed by atoms with Crippen LogP contribution in [-0.4, -0.2) is 60.1 Å². The van der Waals surface area contributed by atoms with Crippen molar-refractivity contribution in [1.29, 1.82) is 0 Å². The topological polar surface area (TPSA) is 90.4 Å². The van der Waals surface area contributed by atoms with E-state index in [2.05, 4.69) is 4.98 Å². The number of methoxy groups -OCH3 is 1. The van der Waals surface area contributed by atoms with Gasteiger partial charge >= 0.3 is 0 Å². The van der Waals surface area contributed by atoms with Gasteiger partial charge < -0.3 is 29.0 Å². The Kier molecular flexibility index (Phi) is 4.86. The van der Waals surface area contributed by atoms with Crippen LogP contribution >= 0.6 is 0 Å². The minimum Gasteiger partial charge on any atom is -0.495 e. The van der Waals surface area contributed by atoms with Crippen LogP contribution in [-0.2, 0) is 0 Å². The van der Waals surface area contributed by atoms with E-state index in [4.69, 9.17) is 18.9 Å². The summed E-state index contributed by atoms with van der Waals surface area (Å²) in [7, 11) is 1.55. The van der Waals surface area contributed by atoms with Crippen LogP contribution in [0.25, 0.3) is 0 Å². The predicted molar refractivity (Wildman–Crippen MR) is 106 cm³/mol. The molecule has 0 bridgehead atoms. The number of hydrogen-bond acceptors (Lipinski definition) is 7. The summed E-state index contributed by atoms with van der Waals surface area (Å²) in [6.07, 6.45) is 3.55. The minimum absolute atomic E-state index is 0.0569. The average molecular weight is 412 g/mol. The second-order valence-electron chi connectivity index (χ2n) is 8.05. The molecule has 158 valence electrons. The van der Waals surface area contributed by atoms with E-state index in [1.165, 1.54) is 0 Å². The lowest BCUT2D eigenvalue weighted by Crippen LogP contribution is -2.42. The highest BCUT2D eigenvalue weighted by Crippen LogP contribution is 2.40. The SMILES string of the molecule is COc1cncc(C(=O)N2C[C@H]3C[C@@H](Oc4ccc5c(c4)OCO5)[C@H](O)C[C@H]3C2)c1. The molecule has 0 radical (unpaired) electrons. The number of carbonyl (C=O) groups is 1. The minimum atomic E-state index is -0.579. The van der Waals surface area contributed by atoms with E-state index in [-0.39, 0.29) is 30.6 Å². The first-order valence-electron chi connectivity index (χ1n) is 10.1. The first-order valence-corrected chi connectivity index (χ1v) is 10.1. The summed E-state index contributed by atoms with van der Waals surface area (Å²) in [4.78, 5) is 18.9. The van der Waals surface area contributed by atoms with Gasteiger partial charge in [0.15, 0.2) is 11.5 Å². The Balaban J connectivity index is 1.25. The average Bonchev–Trinajstić information content (AvgIpc) is 3.39. The lowest BCUT2D eigenvalue weighted by atomic mass is 9.78. The Morgan fingerprint density at radius 2 is 1.90 bits per heavy atom. The zero-order chi connectivity index (χ0) is 20.7. The van der Waals surface area contributed by atoms with E-state index >= 15 is 0 Å². The molecule has 3 aliphatic rings. The van der Waals surface area contributed by atoms with E-state index in [1.807, 2.05) is 17.0 Å². The smallest absolute Gasteiger partial charge is 0.255 e. The van der Waals surface area contributed by atoms with Crippen molar-refractivity contribution in [3.63, 3.8) is 0 Å². The highest BCUT2D eigenvalue weighted by molar-refractivity contribution is 5.94.